The van der Waals surface area contributed by atoms with Gasteiger partial charge in [0.1, 0.15) is 34.3 Å². The van der Waals surface area contributed by atoms with Crippen molar-refractivity contribution in [1.29, 1.82) is 0 Å². The van der Waals surface area contributed by atoms with Crippen LogP contribution in [0.5, 0.6) is 0 Å². The van der Waals surface area contributed by atoms with Crippen LogP contribution < -0.4 is 11.1 Å². The number of aromatic nitrogens is 7. The first kappa shape index (κ1) is 60.4. The van der Waals surface area contributed by atoms with Crippen LogP contribution in [0.1, 0.15) is 20.7 Å². The summed E-state index contributed by atoms with van der Waals surface area (Å²) in [5, 5.41) is 13.8. The molecule has 67 heavy (non-hydrogen) atoms. The third-order valence-corrected chi connectivity index (χ3v) is 9.23. The monoisotopic (exact) mass is 1160 g/mol. The van der Waals surface area contributed by atoms with Crippen molar-refractivity contribution < 1.29 is 18.9 Å². The van der Waals surface area contributed by atoms with E-state index in [2.05, 4.69) is 76.1 Å². The molecule has 0 aliphatic carbocycles. The first-order valence-electron chi connectivity index (χ1n) is 16.7. The van der Waals surface area contributed by atoms with Gasteiger partial charge in [-0.1, -0.05) is 99.7 Å². The molecule has 0 radical (unpaired) electrons. The van der Waals surface area contributed by atoms with E-state index in [4.69, 9.17) is 139 Å². The van der Waals surface area contributed by atoms with Crippen LogP contribution in [-0.4, -0.2) is 66.8 Å². The summed E-state index contributed by atoms with van der Waals surface area (Å²) in [5.74, 6) is -1.48. The molecule has 348 valence electrons. The SMILES string of the molecule is ClCCl.ClCCl.Nc1cncnc1Cl.O=S(Cl)Cl.[C-]#[N+]c1cc(-c2nc3cncnc3s2)ccc1Cl.[C-]#[N+]c1cc(C(=O)Nc2cncnc2Cl)ccc1Cl.[C-]#[N+]c1cc(C(=O)O)ccc1Cl. The van der Waals surface area contributed by atoms with Crippen LogP contribution >= 0.6 is 137 Å². The van der Waals surface area contributed by atoms with Gasteiger partial charge < -0.3 is 16.2 Å². The number of rotatable bonds is 4. The maximum absolute atomic E-state index is 12.0. The molecule has 0 bridgehead atoms. The van der Waals surface area contributed by atoms with Crippen molar-refractivity contribution in [2.45, 2.75) is 0 Å². The van der Waals surface area contributed by atoms with Crippen molar-refractivity contribution in [1.82, 2.24) is 34.9 Å². The summed E-state index contributed by atoms with van der Waals surface area (Å²) in [6.07, 6.45) is 8.63. The molecule has 1 amide bonds. The van der Waals surface area contributed by atoms with Crippen molar-refractivity contribution in [3.8, 4) is 10.6 Å². The van der Waals surface area contributed by atoms with Crippen LogP contribution in [0.2, 0.25) is 25.4 Å². The maximum Gasteiger partial charge on any atom is 0.334 e. The van der Waals surface area contributed by atoms with Gasteiger partial charge in [0.15, 0.2) is 10.3 Å². The predicted molar refractivity (Wildman–Crippen MR) is 274 cm³/mol. The minimum atomic E-state index is -1.67. The smallest absolute Gasteiger partial charge is 0.334 e. The van der Waals surface area contributed by atoms with Crippen LogP contribution in [0, 0.1) is 19.7 Å². The number of nitrogen functional groups attached to an aromatic ring is 1. The number of thiazole rings is 1. The maximum atomic E-state index is 12.0. The number of fused-ring (bicyclic) bond motifs is 1. The second kappa shape index (κ2) is 33.8. The molecular weight excluding hydrogens is 1140 g/mol. The number of carboxylic acid groups (broad SMARTS) is 1. The molecule has 4 aromatic heterocycles. The summed E-state index contributed by atoms with van der Waals surface area (Å²) in [4.78, 5) is 60.2. The standard InChI is InChI=1S/C12H6Cl2N4O.C12H5ClN4S.C8H4ClNO2.C4H4ClN3.2CH2Cl2.Cl2OS/c1-15-9-4-7(2-3-8(9)13)12(19)18-10-5-16-6-17-11(10)14;1-14-9-4-7(2-3-8(9)13)11-17-10-5-15-6-16-12(10)18-11;1-10-7-4-5(8(11)12)2-3-6(7)9;5-4-3(6)1-7-2-8-4;2*2-1-3;1-4(2)3/h2-6H,(H,18,19);2-6H;2-4H,(H,11,12);1-2H,6H2;2*1H2;. The largest absolute Gasteiger partial charge is 0.478 e. The van der Waals surface area contributed by atoms with Gasteiger partial charge in [-0.25, -0.2) is 58.4 Å². The molecule has 4 heterocycles. The van der Waals surface area contributed by atoms with Gasteiger partial charge in [-0.05, 0) is 24.3 Å². The molecule has 0 saturated carbocycles. The number of nitrogens with two attached hydrogens (primary N) is 1. The van der Waals surface area contributed by atoms with E-state index in [1.165, 1.54) is 79.1 Å². The molecule has 16 nitrogen and oxygen atoms in total. The van der Waals surface area contributed by atoms with Crippen molar-refractivity contribution in [3.63, 3.8) is 0 Å². The second-order valence-corrected chi connectivity index (χ2v) is 17.8. The lowest BCUT2D eigenvalue weighted by Gasteiger charge is -2.06. The number of benzene rings is 3. The summed E-state index contributed by atoms with van der Waals surface area (Å²) in [7, 11) is 7.36. The van der Waals surface area contributed by atoms with Gasteiger partial charge in [-0.3, -0.25) is 4.79 Å². The average molecular weight is 1170 g/mol. The second-order valence-electron chi connectivity index (χ2n) is 10.7. The van der Waals surface area contributed by atoms with Crippen LogP contribution in [0.4, 0.5) is 28.4 Å². The number of carboxylic acids is 1. The third kappa shape index (κ3) is 22.8. The number of carbonyl (C=O) groups is 2. The van der Waals surface area contributed by atoms with E-state index in [1.54, 1.807) is 18.3 Å². The molecule has 0 spiro atoms. The Balaban J connectivity index is 0.000000432. The summed E-state index contributed by atoms with van der Waals surface area (Å²) in [5.41, 5.74) is 8.79. The number of nitrogens with zero attached hydrogens (tertiary/aromatic N) is 10. The number of aromatic carboxylic acids is 1. The molecule has 0 aliphatic heterocycles. The number of hydrogen-bond donors (Lipinski definition) is 3. The molecule has 29 heteroatoms. The van der Waals surface area contributed by atoms with Crippen LogP contribution in [-0.2, 0) is 9.23 Å². The van der Waals surface area contributed by atoms with Gasteiger partial charge in [-0.15, -0.1) is 46.4 Å². The van der Waals surface area contributed by atoms with Crippen LogP contribution in [0.3, 0.4) is 0 Å². The topological polar surface area (TPSA) is 213 Å². The van der Waals surface area contributed by atoms with Gasteiger partial charge in [0.05, 0.1) is 60.4 Å². The zero-order valence-electron chi connectivity index (χ0n) is 32.8. The highest BCUT2D eigenvalue weighted by atomic mass is 36.0. The van der Waals surface area contributed by atoms with Crippen molar-refractivity contribution in [2.75, 3.05) is 21.7 Å². The Morgan fingerprint density at radius 2 is 1.13 bits per heavy atom. The fourth-order valence-electron chi connectivity index (χ4n) is 3.93. The molecule has 0 unspecified atom stereocenters. The van der Waals surface area contributed by atoms with Gasteiger partial charge in [-0.2, -0.15) is 0 Å². The highest BCUT2D eigenvalue weighted by Gasteiger charge is 2.12. The van der Waals surface area contributed by atoms with Crippen molar-refractivity contribution in [2.24, 2.45) is 0 Å². The molecule has 4 N–H and O–H groups in total. The number of anilines is 2. The van der Waals surface area contributed by atoms with E-state index in [-0.39, 0.29) is 37.8 Å². The number of hydrogen-bond acceptors (Lipinski definition) is 12. The minimum absolute atomic E-state index is 0.0744. The van der Waals surface area contributed by atoms with Crippen molar-refractivity contribution >= 4 is 197 Å². The highest BCUT2D eigenvalue weighted by Crippen LogP contribution is 2.34. The first-order valence-corrected chi connectivity index (χ1v) is 24.3. The predicted octanol–water partition coefficient (Wildman–Crippen LogP) is 14.7. The zero-order valence-corrected chi connectivity index (χ0v) is 42.7. The van der Waals surface area contributed by atoms with E-state index in [0.717, 1.165) is 20.9 Å². The Morgan fingerprint density at radius 3 is 1.60 bits per heavy atom. The van der Waals surface area contributed by atoms with E-state index >= 15 is 0 Å². The van der Waals surface area contributed by atoms with E-state index in [1.807, 2.05) is 6.07 Å². The van der Waals surface area contributed by atoms with E-state index in [0.29, 0.717) is 37.8 Å². The number of amides is 1. The van der Waals surface area contributed by atoms with Gasteiger partial charge in [0.2, 0.25) is 26.3 Å². The molecule has 0 aliphatic rings. The average Bonchev–Trinajstić information content (AvgIpc) is 3.74. The first-order chi connectivity index (χ1) is 31.9. The molecule has 0 atom stereocenters. The normalized spacial score (nSPS) is 9.33. The number of carbonyl (C=O) groups excluding carboxylic acids is 1. The molecule has 7 aromatic rings. The summed E-state index contributed by atoms with van der Waals surface area (Å²) < 4.78 is 9.09. The lowest BCUT2D eigenvalue weighted by molar-refractivity contribution is 0.0696. The summed E-state index contributed by atoms with van der Waals surface area (Å²) in [6.45, 7) is 20.7. The Kier molecular flexibility index (Phi) is 30.4. The van der Waals surface area contributed by atoms with Crippen molar-refractivity contribution in [3.05, 3.63) is 163 Å². The van der Waals surface area contributed by atoms with Crippen LogP contribution in [0.15, 0.2) is 92.2 Å². The number of halogens is 11. The molecule has 7 rings (SSSR count). The Bertz CT molecular complexity index is 2830. The molecule has 0 fully saturated rings. The fraction of sp³-hybridized carbons (Fsp3) is 0.0526. The Labute approximate surface area is 442 Å². The zero-order chi connectivity index (χ0) is 50.5. The van der Waals surface area contributed by atoms with E-state index in [9.17, 15) is 9.59 Å². The van der Waals surface area contributed by atoms with Gasteiger partial charge in [0.25, 0.3) is 5.91 Å². The van der Waals surface area contributed by atoms with Gasteiger partial charge >= 0.3 is 5.97 Å². The molecular formula is C38H23Cl11N12O4S2. The summed E-state index contributed by atoms with van der Waals surface area (Å²) >= 11 is 49.1. The Morgan fingerprint density at radius 1 is 0.687 bits per heavy atom. The number of nitrogens with one attached hydrogen (secondary N) is 1. The lowest BCUT2D eigenvalue weighted by Crippen LogP contribution is -2.12. The fourth-order valence-corrected chi connectivity index (χ4v) is 5.52. The quantitative estimate of drug-likeness (QED) is 0.0650. The highest BCUT2D eigenvalue weighted by molar-refractivity contribution is 8.26. The minimum Gasteiger partial charge on any atom is -0.478 e. The Hall–Kier alpha value is -4.66. The number of alkyl halides is 4. The van der Waals surface area contributed by atoms with Gasteiger partial charge in [0, 0.05) is 53.1 Å². The van der Waals surface area contributed by atoms with E-state index < -0.39 is 21.1 Å². The summed E-state index contributed by atoms with van der Waals surface area (Å²) in [6, 6.07) is 13.7. The third-order valence-electron chi connectivity index (χ3n) is 6.63. The molecule has 3 aromatic carbocycles. The lowest BCUT2D eigenvalue weighted by atomic mass is 10.2. The van der Waals surface area contributed by atoms with Crippen LogP contribution in [0.25, 0.3) is 35.5 Å². The molecule has 0 saturated heterocycles.